The molecule has 0 aromatic carbocycles. The summed E-state index contributed by atoms with van der Waals surface area (Å²) in [6, 6.07) is 0. The molecule has 0 saturated carbocycles. The molecule has 130 valence electrons. The molecule has 0 spiro atoms. The van der Waals surface area contributed by atoms with E-state index in [0.29, 0.717) is 59.0 Å². The third kappa shape index (κ3) is 17.1. The van der Waals surface area contributed by atoms with Gasteiger partial charge in [-0.05, 0) is 5.41 Å². The molecule has 1 amide bonds. The molecule has 0 fully saturated rings. The molecule has 0 unspecified atom stereocenters. The Kier molecular flexibility index (Phi) is 12.0. The van der Waals surface area contributed by atoms with Gasteiger partial charge >= 0.3 is 0 Å². The summed E-state index contributed by atoms with van der Waals surface area (Å²) in [4.78, 5) is 22.2. The summed E-state index contributed by atoms with van der Waals surface area (Å²) >= 11 is 0. The molecule has 0 aromatic rings. The third-order valence-corrected chi connectivity index (χ3v) is 2.62. The number of ketones is 1. The Hall–Kier alpha value is -0.980. The van der Waals surface area contributed by atoms with Crippen LogP contribution in [-0.2, 0) is 23.8 Å². The standard InChI is InChI=1S/C16H31NO5/c1-14(18)17-6-8-21-10-12-22-11-9-20-7-5-15(19)13-16(2,3)4/h5-13H2,1-4H3,(H,17,18). The molecule has 0 aliphatic carbocycles. The molecule has 0 aliphatic heterocycles. The van der Waals surface area contributed by atoms with Crippen LogP contribution in [0.15, 0.2) is 0 Å². The van der Waals surface area contributed by atoms with Crippen molar-refractivity contribution in [2.24, 2.45) is 5.41 Å². The maximum absolute atomic E-state index is 11.6. The second-order valence-electron chi connectivity index (χ2n) is 6.35. The van der Waals surface area contributed by atoms with E-state index in [1.165, 1.54) is 6.92 Å². The lowest BCUT2D eigenvalue weighted by atomic mass is 9.89. The SMILES string of the molecule is CC(=O)NCCOCCOCCOCCC(=O)CC(C)(C)C. The van der Waals surface area contributed by atoms with E-state index in [4.69, 9.17) is 14.2 Å². The van der Waals surface area contributed by atoms with Crippen molar-refractivity contribution < 1.29 is 23.8 Å². The minimum atomic E-state index is -0.0574. The average Bonchev–Trinajstić information content (AvgIpc) is 2.37. The largest absolute Gasteiger partial charge is 0.379 e. The lowest BCUT2D eigenvalue weighted by molar-refractivity contribution is -0.122. The summed E-state index contributed by atoms with van der Waals surface area (Å²) in [5.74, 6) is 0.180. The van der Waals surface area contributed by atoms with Crippen LogP contribution in [0.25, 0.3) is 0 Å². The van der Waals surface area contributed by atoms with Crippen molar-refractivity contribution in [3.63, 3.8) is 0 Å². The van der Waals surface area contributed by atoms with Crippen LogP contribution in [-0.4, -0.2) is 57.9 Å². The Balaban J connectivity index is 3.21. The number of ether oxygens (including phenoxy) is 3. The smallest absolute Gasteiger partial charge is 0.216 e. The van der Waals surface area contributed by atoms with Crippen molar-refractivity contribution in [3.8, 4) is 0 Å². The molecular formula is C16H31NO5. The van der Waals surface area contributed by atoms with Crippen molar-refractivity contribution in [1.29, 1.82) is 0 Å². The van der Waals surface area contributed by atoms with Crippen LogP contribution >= 0.6 is 0 Å². The van der Waals surface area contributed by atoms with Gasteiger partial charge in [0.05, 0.1) is 39.6 Å². The maximum Gasteiger partial charge on any atom is 0.216 e. The number of carbonyl (C=O) groups is 2. The molecule has 0 rings (SSSR count). The van der Waals surface area contributed by atoms with Crippen LogP contribution in [0.1, 0.15) is 40.5 Å². The van der Waals surface area contributed by atoms with Crippen molar-refractivity contribution in [3.05, 3.63) is 0 Å². The normalized spacial score (nSPS) is 11.5. The first-order valence-electron chi connectivity index (χ1n) is 7.80. The van der Waals surface area contributed by atoms with Crippen LogP contribution in [0.3, 0.4) is 0 Å². The fourth-order valence-electron chi connectivity index (χ4n) is 1.71. The summed E-state index contributed by atoms with van der Waals surface area (Å²) < 4.78 is 15.9. The summed E-state index contributed by atoms with van der Waals surface area (Å²) in [5.41, 5.74) is 0.0418. The van der Waals surface area contributed by atoms with E-state index in [0.717, 1.165) is 0 Å². The fraction of sp³-hybridized carbons (Fsp3) is 0.875. The van der Waals surface area contributed by atoms with E-state index in [9.17, 15) is 9.59 Å². The summed E-state index contributed by atoms with van der Waals surface area (Å²) in [7, 11) is 0. The predicted octanol–water partition coefficient (Wildman–Crippen LogP) is 1.57. The molecule has 0 aromatic heterocycles. The van der Waals surface area contributed by atoms with E-state index in [2.05, 4.69) is 26.1 Å². The average molecular weight is 317 g/mol. The Labute approximate surface area is 133 Å². The van der Waals surface area contributed by atoms with Gasteiger partial charge in [0.2, 0.25) is 5.91 Å². The first-order valence-corrected chi connectivity index (χ1v) is 7.80. The Morgan fingerprint density at radius 1 is 0.864 bits per heavy atom. The fourth-order valence-corrected chi connectivity index (χ4v) is 1.71. The first kappa shape index (κ1) is 21.0. The molecule has 0 atom stereocenters. The quantitative estimate of drug-likeness (QED) is 0.522. The van der Waals surface area contributed by atoms with Gasteiger partial charge in [-0.1, -0.05) is 20.8 Å². The molecule has 22 heavy (non-hydrogen) atoms. The van der Waals surface area contributed by atoms with Crippen molar-refractivity contribution in [2.45, 2.75) is 40.5 Å². The Bertz CT molecular complexity index is 312. The monoisotopic (exact) mass is 317 g/mol. The molecule has 0 saturated heterocycles. The minimum Gasteiger partial charge on any atom is -0.379 e. The van der Waals surface area contributed by atoms with Gasteiger partial charge in [0, 0.05) is 26.3 Å². The first-order chi connectivity index (χ1) is 10.3. The van der Waals surface area contributed by atoms with Gasteiger partial charge in [0.1, 0.15) is 5.78 Å². The van der Waals surface area contributed by atoms with Gasteiger partial charge in [0.25, 0.3) is 0 Å². The highest BCUT2D eigenvalue weighted by molar-refractivity contribution is 5.79. The van der Waals surface area contributed by atoms with Gasteiger partial charge < -0.3 is 19.5 Å². The minimum absolute atomic E-state index is 0.0418. The van der Waals surface area contributed by atoms with Gasteiger partial charge in [0.15, 0.2) is 0 Å². The lowest BCUT2D eigenvalue weighted by Gasteiger charge is -2.16. The van der Waals surface area contributed by atoms with Gasteiger partial charge in [-0.2, -0.15) is 0 Å². The molecule has 6 nitrogen and oxygen atoms in total. The van der Waals surface area contributed by atoms with Crippen molar-refractivity contribution in [2.75, 3.05) is 46.2 Å². The molecule has 0 heterocycles. The number of carbonyl (C=O) groups excluding carboxylic acids is 2. The second kappa shape index (κ2) is 12.6. The second-order valence-corrected chi connectivity index (χ2v) is 6.35. The summed E-state index contributed by atoms with van der Waals surface area (Å²) in [5, 5.41) is 2.64. The van der Waals surface area contributed by atoms with E-state index < -0.39 is 0 Å². The number of Topliss-reactive ketones (excluding diaryl/α,β-unsaturated/α-hetero) is 1. The zero-order chi connectivity index (χ0) is 16.8. The number of nitrogens with one attached hydrogen (secondary N) is 1. The highest BCUT2D eigenvalue weighted by Crippen LogP contribution is 2.19. The molecule has 6 heteroatoms. The maximum atomic E-state index is 11.6. The Morgan fingerprint density at radius 2 is 1.36 bits per heavy atom. The molecular weight excluding hydrogens is 286 g/mol. The highest BCUT2D eigenvalue weighted by atomic mass is 16.5. The van der Waals surface area contributed by atoms with E-state index >= 15 is 0 Å². The van der Waals surface area contributed by atoms with Crippen molar-refractivity contribution >= 4 is 11.7 Å². The molecule has 0 radical (unpaired) electrons. The van der Waals surface area contributed by atoms with E-state index in [-0.39, 0.29) is 17.1 Å². The summed E-state index contributed by atoms with van der Waals surface area (Å²) in [6.45, 7) is 11.0. The third-order valence-electron chi connectivity index (χ3n) is 2.62. The van der Waals surface area contributed by atoms with E-state index in [1.54, 1.807) is 0 Å². The van der Waals surface area contributed by atoms with Gasteiger partial charge in [-0.3, -0.25) is 9.59 Å². The van der Waals surface area contributed by atoms with Crippen LogP contribution in [0.5, 0.6) is 0 Å². The zero-order valence-corrected chi connectivity index (χ0v) is 14.4. The number of rotatable bonds is 13. The molecule has 0 aliphatic rings. The van der Waals surface area contributed by atoms with E-state index in [1.807, 2.05) is 0 Å². The number of hydrogen-bond donors (Lipinski definition) is 1. The highest BCUT2D eigenvalue weighted by Gasteiger charge is 2.15. The molecule has 0 bridgehead atoms. The van der Waals surface area contributed by atoms with Gasteiger partial charge in [-0.15, -0.1) is 0 Å². The topological polar surface area (TPSA) is 73.9 Å². The van der Waals surface area contributed by atoms with Crippen LogP contribution in [0, 0.1) is 5.41 Å². The molecule has 1 N–H and O–H groups in total. The van der Waals surface area contributed by atoms with Gasteiger partial charge in [-0.25, -0.2) is 0 Å². The Morgan fingerprint density at radius 3 is 1.86 bits per heavy atom. The van der Waals surface area contributed by atoms with Crippen LogP contribution in [0.2, 0.25) is 0 Å². The van der Waals surface area contributed by atoms with Crippen LogP contribution in [0.4, 0.5) is 0 Å². The number of hydrogen-bond acceptors (Lipinski definition) is 5. The van der Waals surface area contributed by atoms with Crippen molar-refractivity contribution in [1.82, 2.24) is 5.32 Å². The lowest BCUT2D eigenvalue weighted by Crippen LogP contribution is -2.25. The number of amides is 1. The zero-order valence-electron chi connectivity index (χ0n) is 14.4. The van der Waals surface area contributed by atoms with Crippen LogP contribution < -0.4 is 5.32 Å². The summed E-state index contributed by atoms with van der Waals surface area (Å²) in [6.07, 6.45) is 1.05. The predicted molar refractivity (Wildman–Crippen MR) is 84.8 cm³/mol.